The molecular weight excluding hydrogens is 236 g/mol. The van der Waals surface area contributed by atoms with Crippen LogP contribution >= 0.6 is 0 Å². The van der Waals surface area contributed by atoms with Crippen molar-refractivity contribution >= 4 is 11.8 Å². The van der Waals surface area contributed by atoms with E-state index in [9.17, 15) is 4.79 Å². The molecule has 0 aliphatic carbocycles. The first-order valence-electron chi connectivity index (χ1n) is 5.70. The van der Waals surface area contributed by atoms with Gasteiger partial charge in [-0.15, -0.1) is 0 Å². The highest BCUT2D eigenvalue weighted by Gasteiger charge is 2.21. The molecule has 0 spiro atoms. The van der Waals surface area contributed by atoms with Crippen LogP contribution < -0.4 is 14.8 Å². The number of hydrogen-bond acceptors (Lipinski definition) is 5. The summed E-state index contributed by atoms with van der Waals surface area (Å²) in [6, 6.07) is 1.64. The van der Waals surface area contributed by atoms with E-state index in [1.807, 2.05) is 0 Å². The molecule has 6 heteroatoms. The zero-order valence-electron chi connectivity index (χ0n) is 10.6. The van der Waals surface area contributed by atoms with E-state index >= 15 is 0 Å². The predicted molar refractivity (Wildman–Crippen MR) is 65.1 cm³/mol. The second-order valence-corrected chi connectivity index (χ2v) is 4.82. The van der Waals surface area contributed by atoms with E-state index in [-0.39, 0.29) is 0 Å². The molecule has 0 radical (unpaired) electrons. The predicted octanol–water partition coefficient (Wildman–Crippen LogP) is 2.20. The van der Waals surface area contributed by atoms with Gasteiger partial charge < -0.3 is 14.2 Å². The number of anilines is 1. The summed E-state index contributed by atoms with van der Waals surface area (Å²) < 4.78 is 15.9. The first-order chi connectivity index (χ1) is 8.46. The maximum atomic E-state index is 11.7. The van der Waals surface area contributed by atoms with Crippen molar-refractivity contribution in [1.29, 1.82) is 0 Å². The average molecular weight is 252 g/mol. The lowest BCUT2D eigenvalue weighted by atomic mass is 10.2. The van der Waals surface area contributed by atoms with Gasteiger partial charge in [0.05, 0.1) is 5.69 Å². The standard InChI is InChI=1S/C12H16N2O4/c1-12(2,3)18-11(15)14-8-4-5-13-10-9(8)16-6-7-17-10/h4-5H,6-7H2,1-3H3,(H,13,14,15). The van der Waals surface area contributed by atoms with Gasteiger partial charge in [0.15, 0.2) is 0 Å². The van der Waals surface area contributed by atoms with Crippen LogP contribution in [0.15, 0.2) is 12.3 Å². The van der Waals surface area contributed by atoms with E-state index in [4.69, 9.17) is 14.2 Å². The number of nitrogens with zero attached hydrogens (tertiary/aromatic N) is 1. The highest BCUT2D eigenvalue weighted by Crippen LogP contribution is 2.35. The van der Waals surface area contributed by atoms with Crippen molar-refractivity contribution in [1.82, 2.24) is 4.98 Å². The zero-order valence-corrected chi connectivity index (χ0v) is 10.6. The largest absolute Gasteiger partial charge is 0.483 e. The van der Waals surface area contributed by atoms with E-state index in [1.54, 1.807) is 33.0 Å². The number of aromatic nitrogens is 1. The minimum Gasteiger partial charge on any atom is -0.483 e. The molecule has 1 aliphatic rings. The minimum absolute atomic E-state index is 0.384. The lowest BCUT2D eigenvalue weighted by molar-refractivity contribution is 0.0634. The Balaban J connectivity index is 2.12. The minimum atomic E-state index is -0.547. The van der Waals surface area contributed by atoms with E-state index in [0.717, 1.165) is 0 Å². The summed E-state index contributed by atoms with van der Waals surface area (Å²) in [6.07, 6.45) is 1.00. The normalized spacial score (nSPS) is 13.9. The molecule has 0 unspecified atom stereocenters. The van der Waals surface area contributed by atoms with Gasteiger partial charge in [-0.25, -0.2) is 9.78 Å². The third-order valence-electron chi connectivity index (χ3n) is 2.08. The number of amides is 1. The Hall–Kier alpha value is -1.98. The third-order valence-corrected chi connectivity index (χ3v) is 2.08. The molecule has 0 aromatic carbocycles. The molecule has 2 rings (SSSR count). The molecule has 0 fully saturated rings. The maximum Gasteiger partial charge on any atom is 0.412 e. The van der Waals surface area contributed by atoms with E-state index < -0.39 is 11.7 Å². The van der Waals surface area contributed by atoms with Crippen LogP contribution in [0.3, 0.4) is 0 Å². The van der Waals surface area contributed by atoms with E-state index in [0.29, 0.717) is 30.5 Å². The van der Waals surface area contributed by atoms with Gasteiger partial charge in [0, 0.05) is 6.20 Å². The molecular formula is C12H16N2O4. The fourth-order valence-corrected chi connectivity index (χ4v) is 1.47. The first-order valence-corrected chi connectivity index (χ1v) is 5.70. The molecule has 0 atom stereocenters. The van der Waals surface area contributed by atoms with Crippen LogP contribution in [0, 0.1) is 0 Å². The molecule has 0 bridgehead atoms. The molecule has 1 aromatic rings. The van der Waals surface area contributed by atoms with Crippen LogP contribution in [0.4, 0.5) is 10.5 Å². The second-order valence-electron chi connectivity index (χ2n) is 4.82. The first kappa shape index (κ1) is 12.5. The van der Waals surface area contributed by atoms with Crippen LogP contribution in [-0.2, 0) is 4.74 Å². The van der Waals surface area contributed by atoms with Crippen molar-refractivity contribution in [3.63, 3.8) is 0 Å². The van der Waals surface area contributed by atoms with Crippen molar-refractivity contribution in [2.45, 2.75) is 26.4 Å². The summed E-state index contributed by atoms with van der Waals surface area (Å²) in [5.74, 6) is 0.824. The van der Waals surface area contributed by atoms with E-state index in [2.05, 4.69) is 10.3 Å². The van der Waals surface area contributed by atoms with Crippen LogP contribution in [0.25, 0.3) is 0 Å². The van der Waals surface area contributed by atoms with Gasteiger partial charge in [0.1, 0.15) is 18.8 Å². The summed E-state index contributed by atoms with van der Waals surface area (Å²) in [6.45, 7) is 6.29. The Morgan fingerprint density at radius 3 is 2.83 bits per heavy atom. The Labute approximate surface area is 105 Å². The number of carbonyl (C=O) groups excluding carboxylic acids is 1. The molecule has 1 N–H and O–H groups in total. The topological polar surface area (TPSA) is 69.7 Å². The van der Waals surface area contributed by atoms with Gasteiger partial charge in [-0.2, -0.15) is 0 Å². The molecule has 98 valence electrons. The number of pyridine rings is 1. The molecule has 1 aromatic heterocycles. The van der Waals surface area contributed by atoms with Crippen LogP contribution in [-0.4, -0.2) is 29.9 Å². The second kappa shape index (κ2) is 4.72. The number of rotatable bonds is 1. The Bertz CT molecular complexity index is 454. The fourth-order valence-electron chi connectivity index (χ4n) is 1.47. The third kappa shape index (κ3) is 3.03. The zero-order chi connectivity index (χ0) is 13.2. The quantitative estimate of drug-likeness (QED) is 0.829. The lowest BCUT2D eigenvalue weighted by Crippen LogP contribution is -2.27. The lowest BCUT2D eigenvalue weighted by Gasteiger charge is -2.22. The summed E-state index contributed by atoms with van der Waals surface area (Å²) in [5, 5.41) is 2.62. The molecule has 0 saturated carbocycles. The Morgan fingerprint density at radius 1 is 1.39 bits per heavy atom. The summed E-state index contributed by atoms with van der Waals surface area (Å²) in [4.78, 5) is 15.7. The Kier molecular flexibility index (Phi) is 3.27. The average Bonchev–Trinajstić information content (AvgIpc) is 2.27. The van der Waals surface area contributed by atoms with Crippen LogP contribution in [0.5, 0.6) is 11.6 Å². The van der Waals surface area contributed by atoms with Gasteiger partial charge in [0.25, 0.3) is 5.88 Å². The number of nitrogens with one attached hydrogen (secondary N) is 1. The van der Waals surface area contributed by atoms with Crippen LogP contribution in [0.2, 0.25) is 0 Å². The number of hydrogen-bond donors (Lipinski definition) is 1. The van der Waals surface area contributed by atoms with Crippen molar-refractivity contribution in [3.8, 4) is 11.6 Å². The number of fused-ring (bicyclic) bond motifs is 1. The van der Waals surface area contributed by atoms with Crippen molar-refractivity contribution in [3.05, 3.63) is 12.3 Å². The SMILES string of the molecule is CC(C)(C)OC(=O)Nc1ccnc2c1OCCO2. The highest BCUT2D eigenvalue weighted by atomic mass is 16.6. The number of ether oxygens (including phenoxy) is 3. The molecule has 2 heterocycles. The summed E-state index contributed by atoms with van der Waals surface area (Å²) in [5.41, 5.74) is -0.0527. The maximum absolute atomic E-state index is 11.7. The molecule has 6 nitrogen and oxygen atoms in total. The molecule has 1 aliphatic heterocycles. The molecule has 0 saturated heterocycles. The van der Waals surface area contributed by atoms with Crippen molar-refractivity contribution < 1.29 is 19.0 Å². The van der Waals surface area contributed by atoms with Crippen molar-refractivity contribution in [2.24, 2.45) is 0 Å². The van der Waals surface area contributed by atoms with Crippen molar-refractivity contribution in [2.75, 3.05) is 18.5 Å². The smallest absolute Gasteiger partial charge is 0.412 e. The Morgan fingerprint density at radius 2 is 2.11 bits per heavy atom. The number of carbonyl (C=O) groups is 1. The highest BCUT2D eigenvalue weighted by molar-refractivity contribution is 5.87. The molecule has 18 heavy (non-hydrogen) atoms. The van der Waals surface area contributed by atoms with E-state index in [1.165, 1.54) is 0 Å². The fraction of sp³-hybridized carbons (Fsp3) is 0.500. The summed E-state index contributed by atoms with van der Waals surface area (Å²) >= 11 is 0. The van der Waals surface area contributed by atoms with Gasteiger partial charge in [0.2, 0.25) is 5.75 Å². The van der Waals surface area contributed by atoms with Crippen LogP contribution in [0.1, 0.15) is 20.8 Å². The molecule has 1 amide bonds. The van der Waals surface area contributed by atoms with Gasteiger partial charge in [-0.3, -0.25) is 5.32 Å². The summed E-state index contributed by atoms with van der Waals surface area (Å²) in [7, 11) is 0. The monoisotopic (exact) mass is 252 g/mol. The van der Waals surface area contributed by atoms with Gasteiger partial charge in [-0.1, -0.05) is 0 Å². The van der Waals surface area contributed by atoms with Gasteiger partial charge >= 0.3 is 6.09 Å². The van der Waals surface area contributed by atoms with Gasteiger partial charge in [-0.05, 0) is 26.8 Å².